The number of rotatable bonds is 3. The summed E-state index contributed by atoms with van der Waals surface area (Å²) in [4.78, 5) is 0. The van der Waals surface area contributed by atoms with E-state index in [9.17, 15) is 0 Å². The molecule has 2 N–H and O–H groups in total. The van der Waals surface area contributed by atoms with Crippen molar-refractivity contribution in [2.24, 2.45) is 5.73 Å². The van der Waals surface area contributed by atoms with Gasteiger partial charge in [-0.3, -0.25) is 0 Å². The van der Waals surface area contributed by atoms with Gasteiger partial charge in [0.15, 0.2) is 0 Å². The molecule has 0 heterocycles. The third-order valence-electron chi connectivity index (χ3n) is 2.29. The summed E-state index contributed by atoms with van der Waals surface area (Å²) in [6, 6.07) is 13.5. The van der Waals surface area contributed by atoms with Crippen molar-refractivity contribution in [3.63, 3.8) is 0 Å². The molecule has 0 aliphatic carbocycles. The summed E-state index contributed by atoms with van der Waals surface area (Å²) in [5.74, 6) is 1.57. The Labute approximate surface area is 117 Å². The molecule has 0 aliphatic heterocycles. The molecule has 0 saturated carbocycles. The third-order valence-corrected chi connectivity index (χ3v) is 3.31. The summed E-state index contributed by atoms with van der Waals surface area (Å²) in [5, 5.41) is 0. The van der Waals surface area contributed by atoms with Crippen molar-refractivity contribution in [1.82, 2.24) is 0 Å². The number of nitrogens with two attached hydrogens (primary N) is 1. The first kappa shape index (κ1) is 12.6. The van der Waals surface area contributed by atoms with E-state index in [0.717, 1.165) is 26.0 Å². The number of ether oxygens (including phenoxy) is 1. The second-order valence-corrected chi connectivity index (χ2v) is 5.34. The lowest BCUT2D eigenvalue weighted by Crippen LogP contribution is -1.99. The van der Waals surface area contributed by atoms with Crippen LogP contribution in [0.3, 0.4) is 0 Å². The van der Waals surface area contributed by atoms with Crippen LogP contribution in [0.1, 0.15) is 5.56 Å². The fourth-order valence-corrected chi connectivity index (χ4v) is 2.03. The number of halogens is 2. The highest BCUT2D eigenvalue weighted by atomic mass is 79.9. The van der Waals surface area contributed by atoms with Crippen molar-refractivity contribution in [3.8, 4) is 11.5 Å². The Morgan fingerprint density at radius 2 is 1.59 bits per heavy atom. The van der Waals surface area contributed by atoms with Gasteiger partial charge in [0, 0.05) is 21.1 Å². The molecule has 2 aromatic rings. The second-order valence-electron chi connectivity index (χ2n) is 3.51. The molecule has 0 unspecified atom stereocenters. The van der Waals surface area contributed by atoms with E-state index in [2.05, 4.69) is 31.9 Å². The van der Waals surface area contributed by atoms with Crippen LogP contribution in [0, 0.1) is 0 Å². The largest absolute Gasteiger partial charge is 0.457 e. The quantitative estimate of drug-likeness (QED) is 0.880. The minimum atomic E-state index is 0.457. The average Bonchev–Trinajstić information content (AvgIpc) is 2.32. The first-order chi connectivity index (χ1) is 8.19. The number of hydrogen-bond acceptors (Lipinski definition) is 2. The smallest absolute Gasteiger partial charge is 0.133 e. The Kier molecular flexibility index (Phi) is 4.20. The minimum absolute atomic E-state index is 0.457. The predicted octanol–water partition coefficient (Wildman–Crippen LogP) is 4.46. The Hall–Kier alpha value is -0.840. The van der Waals surface area contributed by atoms with Crippen LogP contribution in [0.2, 0.25) is 0 Å². The van der Waals surface area contributed by atoms with E-state index < -0.39 is 0 Å². The van der Waals surface area contributed by atoms with Crippen molar-refractivity contribution in [1.29, 1.82) is 0 Å². The second kappa shape index (κ2) is 5.67. The zero-order valence-electron chi connectivity index (χ0n) is 8.99. The van der Waals surface area contributed by atoms with Gasteiger partial charge >= 0.3 is 0 Å². The lowest BCUT2D eigenvalue weighted by atomic mass is 10.2. The van der Waals surface area contributed by atoms with E-state index in [-0.39, 0.29) is 0 Å². The van der Waals surface area contributed by atoms with Crippen LogP contribution in [0.15, 0.2) is 51.4 Å². The van der Waals surface area contributed by atoms with Crippen LogP contribution in [-0.2, 0) is 6.54 Å². The van der Waals surface area contributed by atoms with Gasteiger partial charge in [-0.2, -0.15) is 0 Å². The zero-order valence-corrected chi connectivity index (χ0v) is 12.2. The van der Waals surface area contributed by atoms with Gasteiger partial charge in [-0.05, 0) is 36.4 Å². The van der Waals surface area contributed by atoms with Gasteiger partial charge < -0.3 is 10.5 Å². The maximum Gasteiger partial charge on any atom is 0.133 e. The van der Waals surface area contributed by atoms with Gasteiger partial charge in [-0.1, -0.05) is 37.9 Å². The molecule has 0 atom stereocenters. The van der Waals surface area contributed by atoms with Crippen LogP contribution >= 0.6 is 31.9 Å². The highest BCUT2D eigenvalue weighted by Crippen LogP contribution is 2.29. The summed E-state index contributed by atoms with van der Waals surface area (Å²) in [6.07, 6.45) is 0. The molecular formula is C13H11Br2NO. The van der Waals surface area contributed by atoms with Crippen molar-refractivity contribution in [2.75, 3.05) is 0 Å². The Morgan fingerprint density at radius 3 is 2.24 bits per heavy atom. The summed E-state index contributed by atoms with van der Waals surface area (Å²) in [5.41, 5.74) is 6.66. The Bertz CT molecular complexity index is 511. The summed E-state index contributed by atoms with van der Waals surface area (Å²) >= 11 is 6.81. The van der Waals surface area contributed by atoms with Crippen LogP contribution < -0.4 is 10.5 Å². The molecule has 0 aromatic heterocycles. The van der Waals surface area contributed by atoms with Crippen molar-refractivity contribution >= 4 is 31.9 Å². The van der Waals surface area contributed by atoms with Gasteiger partial charge in [0.2, 0.25) is 0 Å². The van der Waals surface area contributed by atoms with Crippen molar-refractivity contribution < 1.29 is 4.74 Å². The monoisotopic (exact) mass is 355 g/mol. The molecule has 88 valence electrons. The lowest BCUT2D eigenvalue weighted by molar-refractivity contribution is 0.476. The molecule has 0 fully saturated rings. The van der Waals surface area contributed by atoms with Crippen LogP contribution in [0.25, 0.3) is 0 Å². The van der Waals surface area contributed by atoms with Crippen LogP contribution in [-0.4, -0.2) is 0 Å². The van der Waals surface area contributed by atoms with Crippen molar-refractivity contribution in [2.45, 2.75) is 6.54 Å². The lowest BCUT2D eigenvalue weighted by Gasteiger charge is -2.10. The fourth-order valence-electron chi connectivity index (χ4n) is 1.42. The van der Waals surface area contributed by atoms with E-state index in [1.165, 1.54) is 0 Å². The third kappa shape index (κ3) is 3.31. The molecule has 0 amide bonds. The minimum Gasteiger partial charge on any atom is -0.457 e. The number of hydrogen-bond donors (Lipinski definition) is 1. The predicted molar refractivity (Wildman–Crippen MR) is 76.2 cm³/mol. The maximum absolute atomic E-state index is 5.81. The summed E-state index contributed by atoms with van der Waals surface area (Å²) in [6.45, 7) is 0.457. The Morgan fingerprint density at radius 1 is 0.941 bits per heavy atom. The zero-order chi connectivity index (χ0) is 12.3. The Balaban J connectivity index is 2.28. The molecule has 0 spiro atoms. The van der Waals surface area contributed by atoms with Gasteiger partial charge in [0.1, 0.15) is 11.5 Å². The standard InChI is InChI=1S/C13H11Br2NO/c14-10-3-5-12(6-4-10)17-13-7-11(15)2-1-9(13)8-16/h1-7H,8,16H2. The first-order valence-corrected chi connectivity index (χ1v) is 6.69. The normalized spacial score (nSPS) is 10.3. The van der Waals surface area contributed by atoms with Gasteiger partial charge in [-0.25, -0.2) is 0 Å². The first-order valence-electron chi connectivity index (χ1n) is 5.11. The van der Waals surface area contributed by atoms with E-state index in [4.69, 9.17) is 10.5 Å². The van der Waals surface area contributed by atoms with Gasteiger partial charge in [0.25, 0.3) is 0 Å². The summed E-state index contributed by atoms with van der Waals surface area (Å²) in [7, 11) is 0. The molecule has 4 heteroatoms. The van der Waals surface area contributed by atoms with Gasteiger partial charge in [0.05, 0.1) is 0 Å². The molecule has 17 heavy (non-hydrogen) atoms. The molecule has 0 radical (unpaired) electrons. The molecular weight excluding hydrogens is 346 g/mol. The fraction of sp³-hybridized carbons (Fsp3) is 0.0769. The van der Waals surface area contributed by atoms with Gasteiger partial charge in [-0.15, -0.1) is 0 Å². The molecule has 2 aromatic carbocycles. The molecule has 0 aliphatic rings. The highest BCUT2D eigenvalue weighted by molar-refractivity contribution is 9.10. The number of benzene rings is 2. The van der Waals surface area contributed by atoms with E-state index in [1.54, 1.807) is 0 Å². The molecule has 2 rings (SSSR count). The average molecular weight is 357 g/mol. The van der Waals surface area contributed by atoms with Crippen LogP contribution in [0.5, 0.6) is 11.5 Å². The van der Waals surface area contributed by atoms with Crippen molar-refractivity contribution in [3.05, 3.63) is 57.0 Å². The molecule has 2 nitrogen and oxygen atoms in total. The highest BCUT2D eigenvalue weighted by Gasteiger charge is 2.04. The summed E-state index contributed by atoms with van der Waals surface area (Å²) < 4.78 is 7.81. The SMILES string of the molecule is NCc1ccc(Br)cc1Oc1ccc(Br)cc1. The molecule has 0 saturated heterocycles. The molecule has 0 bridgehead atoms. The van der Waals surface area contributed by atoms with Crippen LogP contribution in [0.4, 0.5) is 0 Å². The maximum atomic E-state index is 5.81. The van der Waals surface area contributed by atoms with E-state index in [1.807, 2.05) is 42.5 Å². The topological polar surface area (TPSA) is 35.2 Å². The van der Waals surface area contributed by atoms with E-state index in [0.29, 0.717) is 6.54 Å². The van der Waals surface area contributed by atoms with E-state index >= 15 is 0 Å².